The monoisotopic (exact) mass is 249 g/mol. The Morgan fingerprint density at radius 3 is 2.72 bits per heavy atom. The molecule has 3 nitrogen and oxygen atoms in total. The second kappa shape index (κ2) is 4.90. The predicted octanol–water partition coefficient (Wildman–Crippen LogP) is 2.25. The number of aliphatic hydroxyl groups excluding tert-OH is 1. The molecule has 1 aliphatic carbocycles. The van der Waals surface area contributed by atoms with Gasteiger partial charge >= 0.3 is 0 Å². The van der Waals surface area contributed by atoms with Crippen molar-refractivity contribution in [3.05, 3.63) is 29.3 Å². The van der Waals surface area contributed by atoms with Gasteiger partial charge in [-0.25, -0.2) is 0 Å². The minimum absolute atomic E-state index is 0.0307. The molecule has 1 aliphatic rings. The molecule has 0 radical (unpaired) electrons. The Hall–Kier alpha value is -1.06. The van der Waals surface area contributed by atoms with Gasteiger partial charge in [0.2, 0.25) is 0 Å². The lowest BCUT2D eigenvalue weighted by Crippen LogP contribution is -2.59. The Morgan fingerprint density at radius 1 is 1.44 bits per heavy atom. The minimum atomic E-state index is -0.186. The number of methoxy groups -OCH3 is 1. The molecule has 3 heteroatoms. The van der Waals surface area contributed by atoms with E-state index in [1.807, 2.05) is 6.07 Å². The summed E-state index contributed by atoms with van der Waals surface area (Å²) in [6, 6.07) is 6.58. The van der Waals surface area contributed by atoms with Crippen molar-refractivity contribution in [1.29, 1.82) is 0 Å². The van der Waals surface area contributed by atoms with Crippen LogP contribution < -0.4 is 10.1 Å². The fourth-order valence-corrected chi connectivity index (χ4v) is 2.53. The Balaban J connectivity index is 2.01. The van der Waals surface area contributed by atoms with E-state index in [9.17, 15) is 5.11 Å². The Labute approximate surface area is 109 Å². The van der Waals surface area contributed by atoms with Crippen LogP contribution in [0.4, 0.5) is 0 Å². The van der Waals surface area contributed by atoms with Crippen LogP contribution in [0.15, 0.2) is 18.2 Å². The molecule has 1 aromatic carbocycles. The van der Waals surface area contributed by atoms with Gasteiger partial charge in [-0.1, -0.05) is 31.5 Å². The molecule has 0 spiro atoms. The molecule has 1 aromatic rings. The van der Waals surface area contributed by atoms with Crippen LogP contribution in [0.2, 0.25) is 0 Å². The van der Waals surface area contributed by atoms with E-state index in [-0.39, 0.29) is 11.5 Å². The third kappa shape index (κ3) is 2.38. The highest BCUT2D eigenvalue weighted by molar-refractivity contribution is 5.36. The van der Waals surface area contributed by atoms with Crippen molar-refractivity contribution in [2.75, 3.05) is 7.11 Å². The summed E-state index contributed by atoms with van der Waals surface area (Å²) >= 11 is 0. The lowest BCUT2D eigenvalue weighted by Gasteiger charge is -2.49. The van der Waals surface area contributed by atoms with Gasteiger partial charge in [-0.15, -0.1) is 0 Å². The van der Waals surface area contributed by atoms with Gasteiger partial charge in [0.1, 0.15) is 5.75 Å². The van der Waals surface area contributed by atoms with E-state index in [0.717, 1.165) is 18.7 Å². The van der Waals surface area contributed by atoms with Gasteiger partial charge in [0.05, 0.1) is 13.2 Å². The van der Waals surface area contributed by atoms with Crippen LogP contribution in [0.25, 0.3) is 0 Å². The molecule has 1 saturated carbocycles. The average molecular weight is 249 g/mol. The molecular weight excluding hydrogens is 226 g/mol. The summed E-state index contributed by atoms with van der Waals surface area (Å²) in [5.74, 6) is 0.922. The molecule has 2 N–H and O–H groups in total. The summed E-state index contributed by atoms with van der Waals surface area (Å²) in [6.07, 6.45) is 0.649. The molecular formula is C15H23NO2. The topological polar surface area (TPSA) is 41.5 Å². The minimum Gasteiger partial charge on any atom is -0.496 e. The second-order valence-electron chi connectivity index (χ2n) is 5.82. The molecule has 1 fully saturated rings. The largest absolute Gasteiger partial charge is 0.496 e. The highest BCUT2D eigenvalue weighted by Crippen LogP contribution is 2.40. The standard InChI is InChI=1S/C15H23NO2/c1-10-5-6-12(18-4)11(7-10)9-16-13-8-14(17)15(13,2)3/h5-7,13-14,16-17H,8-9H2,1-4H3. The number of aliphatic hydroxyl groups is 1. The van der Waals surface area contributed by atoms with Crippen molar-refractivity contribution in [3.63, 3.8) is 0 Å². The van der Waals surface area contributed by atoms with E-state index >= 15 is 0 Å². The predicted molar refractivity (Wildman–Crippen MR) is 72.8 cm³/mol. The lowest BCUT2D eigenvalue weighted by molar-refractivity contribution is -0.0730. The van der Waals surface area contributed by atoms with Crippen molar-refractivity contribution in [2.45, 2.75) is 45.9 Å². The fourth-order valence-electron chi connectivity index (χ4n) is 2.53. The third-order valence-electron chi connectivity index (χ3n) is 4.19. The number of rotatable bonds is 4. The summed E-state index contributed by atoms with van der Waals surface area (Å²) in [4.78, 5) is 0. The number of nitrogens with one attached hydrogen (secondary N) is 1. The summed E-state index contributed by atoms with van der Waals surface area (Å²) in [7, 11) is 1.70. The van der Waals surface area contributed by atoms with Gasteiger partial charge in [-0.3, -0.25) is 0 Å². The molecule has 18 heavy (non-hydrogen) atoms. The number of hydrogen-bond acceptors (Lipinski definition) is 3. The Kier molecular flexibility index (Phi) is 3.64. The molecule has 100 valence electrons. The van der Waals surface area contributed by atoms with Gasteiger partial charge in [-0.2, -0.15) is 0 Å². The number of ether oxygens (including phenoxy) is 1. The van der Waals surface area contributed by atoms with E-state index < -0.39 is 0 Å². The first-order valence-electron chi connectivity index (χ1n) is 6.50. The molecule has 2 rings (SSSR count). The van der Waals surface area contributed by atoms with E-state index in [4.69, 9.17) is 4.74 Å². The van der Waals surface area contributed by atoms with E-state index in [1.54, 1.807) is 7.11 Å². The Bertz CT molecular complexity index is 429. The van der Waals surface area contributed by atoms with Gasteiger partial charge in [0.25, 0.3) is 0 Å². The normalized spacial score (nSPS) is 25.6. The van der Waals surface area contributed by atoms with Gasteiger partial charge in [-0.05, 0) is 19.4 Å². The van der Waals surface area contributed by atoms with Crippen LogP contribution in [-0.2, 0) is 6.54 Å². The highest BCUT2D eigenvalue weighted by atomic mass is 16.5. The molecule has 0 saturated heterocycles. The molecule has 2 unspecified atom stereocenters. The number of benzene rings is 1. The molecule has 0 aliphatic heterocycles. The average Bonchev–Trinajstić information content (AvgIpc) is 2.34. The van der Waals surface area contributed by atoms with Gasteiger partial charge in [0.15, 0.2) is 0 Å². The lowest BCUT2D eigenvalue weighted by atomic mass is 9.64. The zero-order valence-electron chi connectivity index (χ0n) is 11.7. The smallest absolute Gasteiger partial charge is 0.123 e. The van der Waals surface area contributed by atoms with Crippen molar-refractivity contribution in [1.82, 2.24) is 5.32 Å². The molecule has 0 aromatic heterocycles. The summed E-state index contributed by atoms with van der Waals surface area (Å²) in [6.45, 7) is 7.07. The highest BCUT2D eigenvalue weighted by Gasteiger charge is 2.46. The van der Waals surface area contributed by atoms with Crippen LogP contribution in [0, 0.1) is 12.3 Å². The fraction of sp³-hybridized carbons (Fsp3) is 0.600. The van der Waals surface area contributed by atoms with Crippen LogP contribution in [0.5, 0.6) is 5.75 Å². The van der Waals surface area contributed by atoms with Crippen molar-refractivity contribution < 1.29 is 9.84 Å². The first-order valence-corrected chi connectivity index (χ1v) is 6.50. The quantitative estimate of drug-likeness (QED) is 0.860. The van der Waals surface area contributed by atoms with E-state index in [2.05, 4.69) is 38.2 Å². The van der Waals surface area contributed by atoms with Crippen LogP contribution in [-0.4, -0.2) is 24.4 Å². The maximum Gasteiger partial charge on any atom is 0.123 e. The SMILES string of the molecule is COc1ccc(C)cc1CNC1CC(O)C1(C)C. The van der Waals surface area contributed by atoms with Gasteiger partial charge in [0, 0.05) is 23.6 Å². The Morgan fingerprint density at radius 2 is 2.17 bits per heavy atom. The molecule has 0 bridgehead atoms. The first kappa shape index (κ1) is 13.4. The zero-order valence-corrected chi connectivity index (χ0v) is 11.7. The summed E-state index contributed by atoms with van der Waals surface area (Å²) in [5.41, 5.74) is 2.38. The second-order valence-corrected chi connectivity index (χ2v) is 5.82. The summed E-state index contributed by atoms with van der Waals surface area (Å²) < 4.78 is 5.37. The number of hydrogen-bond donors (Lipinski definition) is 2. The maximum absolute atomic E-state index is 9.72. The first-order chi connectivity index (χ1) is 8.45. The van der Waals surface area contributed by atoms with Gasteiger partial charge < -0.3 is 15.2 Å². The maximum atomic E-state index is 9.72. The van der Waals surface area contributed by atoms with Crippen molar-refractivity contribution >= 4 is 0 Å². The van der Waals surface area contributed by atoms with E-state index in [1.165, 1.54) is 11.1 Å². The molecule has 2 atom stereocenters. The summed E-state index contributed by atoms with van der Waals surface area (Å²) in [5, 5.41) is 13.2. The number of aryl methyl sites for hydroxylation is 1. The van der Waals surface area contributed by atoms with Crippen molar-refractivity contribution in [3.8, 4) is 5.75 Å². The van der Waals surface area contributed by atoms with E-state index in [0.29, 0.717) is 6.04 Å². The van der Waals surface area contributed by atoms with Crippen molar-refractivity contribution in [2.24, 2.45) is 5.41 Å². The van der Waals surface area contributed by atoms with Crippen LogP contribution >= 0.6 is 0 Å². The van der Waals surface area contributed by atoms with Crippen LogP contribution in [0.1, 0.15) is 31.4 Å². The molecule has 0 amide bonds. The van der Waals surface area contributed by atoms with Crippen LogP contribution in [0.3, 0.4) is 0 Å². The zero-order chi connectivity index (χ0) is 13.3. The molecule has 0 heterocycles. The third-order valence-corrected chi connectivity index (χ3v) is 4.19.